The molecule has 0 aliphatic carbocycles. The molecular formula is C20H33Cl2N3O4. The molecule has 29 heavy (non-hydrogen) atoms. The molecule has 1 aromatic carbocycles. The first kappa shape index (κ1) is 26.1. The molecule has 1 amide bonds. The van der Waals surface area contributed by atoms with Crippen LogP contribution < -0.4 is 11.1 Å². The van der Waals surface area contributed by atoms with Crippen molar-refractivity contribution in [3.05, 3.63) is 35.9 Å². The van der Waals surface area contributed by atoms with Gasteiger partial charge in [-0.1, -0.05) is 30.3 Å². The van der Waals surface area contributed by atoms with Crippen molar-refractivity contribution in [1.82, 2.24) is 10.2 Å². The summed E-state index contributed by atoms with van der Waals surface area (Å²) in [5, 5.41) is 23.4. The zero-order valence-electron chi connectivity index (χ0n) is 16.5. The summed E-state index contributed by atoms with van der Waals surface area (Å²) in [5.74, 6) is -0.00567. The van der Waals surface area contributed by atoms with Crippen molar-refractivity contribution in [3.8, 4) is 0 Å². The fourth-order valence-electron chi connectivity index (χ4n) is 3.93. The highest BCUT2D eigenvalue weighted by molar-refractivity contribution is 5.85. The third kappa shape index (κ3) is 8.02. The number of aliphatic hydroxyl groups excluding tert-OH is 2. The van der Waals surface area contributed by atoms with Crippen LogP contribution in [0.4, 0.5) is 0 Å². The van der Waals surface area contributed by atoms with E-state index in [1.54, 1.807) is 0 Å². The SMILES string of the molecule is Cl.Cl.N[C@H]1CCO[C@H](CN2C[C@H](O)C[C@H](NC(=O)CCc3ccccc3)C2)[C@H]1O. The molecule has 5 atom stereocenters. The Balaban J connectivity index is 0.00000210. The van der Waals surface area contributed by atoms with E-state index in [1.165, 1.54) is 0 Å². The van der Waals surface area contributed by atoms with Gasteiger partial charge in [-0.2, -0.15) is 0 Å². The minimum Gasteiger partial charge on any atom is -0.392 e. The Morgan fingerprint density at radius 1 is 1.21 bits per heavy atom. The topological polar surface area (TPSA) is 108 Å². The molecule has 2 saturated heterocycles. The number of likely N-dealkylation sites (tertiary alicyclic amines) is 1. The molecule has 2 aliphatic rings. The summed E-state index contributed by atoms with van der Waals surface area (Å²) in [5.41, 5.74) is 7.06. The minimum atomic E-state index is -0.697. The molecule has 0 spiro atoms. The average Bonchev–Trinajstić information content (AvgIpc) is 2.64. The summed E-state index contributed by atoms with van der Waals surface area (Å²) in [6, 6.07) is 9.55. The lowest BCUT2D eigenvalue weighted by atomic mass is 9.97. The van der Waals surface area contributed by atoms with Gasteiger partial charge >= 0.3 is 0 Å². The summed E-state index contributed by atoms with van der Waals surface area (Å²) in [7, 11) is 0. The van der Waals surface area contributed by atoms with E-state index >= 15 is 0 Å². The van der Waals surface area contributed by atoms with Crippen LogP contribution in [0.1, 0.15) is 24.8 Å². The van der Waals surface area contributed by atoms with Gasteiger partial charge in [-0.15, -0.1) is 24.8 Å². The fraction of sp³-hybridized carbons (Fsp3) is 0.650. The van der Waals surface area contributed by atoms with Gasteiger partial charge in [0.15, 0.2) is 0 Å². The van der Waals surface area contributed by atoms with Crippen molar-refractivity contribution < 1.29 is 19.7 Å². The highest BCUT2D eigenvalue weighted by Gasteiger charge is 2.34. The van der Waals surface area contributed by atoms with Crippen molar-refractivity contribution in [2.24, 2.45) is 5.73 Å². The van der Waals surface area contributed by atoms with Gasteiger partial charge in [0, 0.05) is 44.7 Å². The number of carbonyl (C=O) groups is 1. The molecule has 2 fully saturated rings. The molecule has 0 radical (unpaired) electrons. The number of halogens is 2. The molecule has 0 unspecified atom stereocenters. The molecule has 5 N–H and O–H groups in total. The van der Waals surface area contributed by atoms with Crippen LogP contribution in [0.15, 0.2) is 30.3 Å². The zero-order valence-corrected chi connectivity index (χ0v) is 18.1. The smallest absolute Gasteiger partial charge is 0.220 e. The highest BCUT2D eigenvalue weighted by atomic mass is 35.5. The van der Waals surface area contributed by atoms with Gasteiger partial charge in [-0.3, -0.25) is 9.69 Å². The number of hydrogen-bond acceptors (Lipinski definition) is 6. The number of hydrogen-bond donors (Lipinski definition) is 4. The number of rotatable bonds is 6. The molecule has 2 aliphatic heterocycles. The van der Waals surface area contributed by atoms with E-state index in [2.05, 4.69) is 5.32 Å². The minimum absolute atomic E-state index is 0. The highest BCUT2D eigenvalue weighted by Crippen LogP contribution is 2.18. The van der Waals surface area contributed by atoms with Crippen LogP contribution in [0.3, 0.4) is 0 Å². The number of ether oxygens (including phenoxy) is 1. The summed E-state index contributed by atoms with van der Waals surface area (Å²) in [6.45, 7) is 2.19. The summed E-state index contributed by atoms with van der Waals surface area (Å²) < 4.78 is 5.66. The second kappa shape index (κ2) is 12.7. The molecule has 9 heteroatoms. The van der Waals surface area contributed by atoms with E-state index in [1.807, 2.05) is 35.2 Å². The molecule has 2 heterocycles. The monoisotopic (exact) mass is 449 g/mol. The molecule has 0 bridgehead atoms. The molecular weight excluding hydrogens is 417 g/mol. The zero-order chi connectivity index (χ0) is 19.2. The second-order valence-corrected chi connectivity index (χ2v) is 7.71. The first-order chi connectivity index (χ1) is 13.0. The number of aryl methyl sites for hydroxylation is 1. The number of carbonyl (C=O) groups excluding carboxylic acids is 1. The molecule has 1 aromatic rings. The van der Waals surface area contributed by atoms with E-state index in [9.17, 15) is 15.0 Å². The maximum absolute atomic E-state index is 12.3. The Labute approximate surface area is 184 Å². The Kier molecular flexibility index (Phi) is 11.4. The summed E-state index contributed by atoms with van der Waals surface area (Å²) in [6.07, 6.45) is 0.765. The third-order valence-corrected chi connectivity index (χ3v) is 5.39. The number of piperidine rings is 1. The second-order valence-electron chi connectivity index (χ2n) is 7.71. The Morgan fingerprint density at radius 2 is 1.93 bits per heavy atom. The Morgan fingerprint density at radius 3 is 2.66 bits per heavy atom. The van der Waals surface area contributed by atoms with E-state index in [-0.39, 0.29) is 48.9 Å². The predicted molar refractivity (Wildman–Crippen MR) is 117 cm³/mol. The van der Waals surface area contributed by atoms with E-state index in [0.29, 0.717) is 51.9 Å². The molecule has 0 saturated carbocycles. The van der Waals surface area contributed by atoms with Crippen molar-refractivity contribution in [2.45, 2.75) is 56.1 Å². The third-order valence-electron chi connectivity index (χ3n) is 5.39. The van der Waals surface area contributed by atoms with Crippen LogP contribution in [-0.2, 0) is 16.0 Å². The standard InChI is InChI=1S/C20H31N3O4.2ClH/c21-17-8-9-27-18(20(17)26)13-23-11-15(10-16(24)12-23)22-19(25)7-6-14-4-2-1-3-5-14;;/h1-5,15-18,20,24,26H,6-13,21H2,(H,22,25);2*1H/t15-,16+,17-,18+,20-;;/m0../s1. The van der Waals surface area contributed by atoms with Gasteiger partial charge in [0.25, 0.3) is 0 Å². The molecule has 7 nitrogen and oxygen atoms in total. The quantitative estimate of drug-likeness (QED) is 0.503. The van der Waals surface area contributed by atoms with Gasteiger partial charge in [-0.25, -0.2) is 0 Å². The number of β-amino-alcohol motifs (C(OH)–C–C–N with tert-alkyl or cyclic N) is 1. The average molecular weight is 450 g/mol. The Hall–Kier alpha value is -0.930. The van der Waals surface area contributed by atoms with Crippen molar-refractivity contribution in [1.29, 1.82) is 0 Å². The van der Waals surface area contributed by atoms with Crippen LogP contribution >= 0.6 is 24.8 Å². The van der Waals surface area contributed by atoms with E-state index in [4.69, 9.17) is 10.5 Å². The predicted octanol–water partition coefficient (Wildman–Crippen LogP) is 0.491. The molecule has 0 aromatic heterocycles. The number of aliphatic hydroxyl groups is 2. The van der Waals surface area contributed by atoms with Crippen LogP contribution in [0.2, 0.25) is 0 Å². The number of nitrogens with two attached hydrogens (primary N) is 1. The van der Waals surface area contributed by atoms with Crippen LogP contribution in [0.25, 0.3) is 0 Å². The Bertz CT molecular complexity index is 611. The van der Waals surface area contributed by atoms with Crippen molar-refractivity contribution >= 4 is 30.7 Å². The number of amides is 1. The summed E-state index contributed by atoms with van der Waals surface area (Å²) >= 11 is 0. The first-order valence-corrected chi connectivity index (χ1v) is 9.80. The van der Waals surface area contributed by atoms with Gasteiger partial charge in [0.2, 0.25) is 5.91 Å². The normalized spacial score (nSPS) is 30.0. The number of nitrogens with one attached hydrogen (secondary N) is 1. The first-order valence-electron chi connectivity index (χ1n) is 9.80. The van der Waals surface area contributed by atoms with E-state index in [0.717, 1.165) is 5.56 Å². The number of benzene rings is 1. The van der Waals surface area contributed by atoms with Gasteiger partial charge in [-0.05, 0) is 24.8 Å². The lowest BCUT2D eigenvalue weighted by Crippen LogP contribution is -2.58. The lowest BCUT2D eigenvalue weighted by Gasteiger charge is -2.40. The maximum Gasteiger partial charge on any atom is 0.220 e. The van der Waals surface area contributed by atoms with Crippen LogP contribution in [0, 0.1) is 0 Å². The van der Waals surface area contributed by atoms with Crippen LogP contribution in [-0.4, -0.2) is 77.7 Å². The maximum atomic E-state index is 12.3. The largest absolute Gasteiger partial charge is 0.392 e. The summed E-state index contributed by atoms with van der Waals surface area (Å²) in [4.78, 5) is 14.3. The number of nitrogens with zero attached hydrogens (tertiary/aromatic N) is 1. The van der Waals surface area contributed by atoms with Gasteiger partial charge < -0.3 is 26.0 Å². The fourth-order valence-corrected chi connectivity index (χ4v) is 3.93. The van der Waals surface area contributed by atoms with Gasteiger partial charge in [0.05, 0.1) is 18.3 Å². The lowest BCUT2D eigenvalue weighted by molar-refractivity contribution is -0.123. The van der Waals surface area contributed by atoms with Crippen molar-refractivity contribution in [2.75, 3.05) is 26.2 Å². The van der Waals surface area contributed by atoms with Crippen LogP contribution in [0.5, 0.6) is 0 Å². The molecule has 3 rings (SSSR count). The van der Waals surface area contributed by atoms with E-state index < -0.39 is 12.2 Å². The molecule has 166 valence electrons. The van der Waals surface area contributed by atoms with Crippen molar-refractivity contribution in [3.63, 3.8) is 0 Å². The van der Waals surface area contributed by atoms with Gasteiger partial charge in [0.1, 0.15) is 0 Å².